The van der Waals surface area contributed by atoms with Crippen LogP contribution >= 0.6 is 0 Å². The van der Waals surface area contributed by atoms with E-state index >= 15 is 0 Å². The van der Waals surface area contributed by atoms with Crippen molar-refractivity contribution in [2.45, 2.75) is 10.6 Å². The zero-order valence-corrected chi connectivity index (χ0v) is 17.5. The molecule has 10 heteroatoms. The number of piperazine rings is 1. The van der Waals surface area contributed by atoms with Gasteiger partial charge in [-0.05, 0) is 29.8 Å². The molecule has 0 spiro atoms. The van der Waals surface area contributed by atoms with Crippen LogP contribution in [0.2, 0.25) is 0 Å². The van der Waals surface area contributed by atoms with Gasteiger partial charge in [0.25, 0.3) is 5.69 Å². The van der Waals surface area contributed by atoms with Crippen LogP contribution in [-0.4, -0.2) is 64.7 Å². The molecule has 0 amide bonds. The van der Waals surface area contributed by atoms with Gasteiger partial charge in [-0.1, -0.05) is 12.1 Å². The van der Waals surface area contributed by atoms with Crippen molar-refractivity contribution >= 4 is 21.2 Å². The molecular formula is C20H24FN3O5S. The number of anilines is 1. The SMILES string of the molecule is COCCN1CCN(c2ccc(S(=O)(=O)Cc3cccc(F)c3)cc2[N+](=O)[O-])CC1. The first-order chi connectivity index (χ1) is 14.3. The number of nitro benzene ring substituents is 1. The van der Waals surface area contributed by atoms with Crippen LogP contribution in [0.5, 0.6) is 0 Å². The van der Waals surface area contributed by atoms with Gasteiger partial charge >= 0.3 is 0 Å². The molecule has 30 heavy (non-hydrogen) atoms. The van der Waals surface area contributed by atoms with Crippen LogP contribution in [0.4, 0.5) is 15.8 Å². The molecule has 0 aromatic heterocycles. The predicted molar refractivity (Wildman–Crippen MR) is 111 cm³/mol. The standard InChI is InChI=1S/C20H24FN3O5S/c1-29-12-11-22-7-9-23(10-8-22)19-6-5-18(14-20(19)24(25)26)30(27,28)15-16-3-2-4-17(21)13-16/h2-6,13-14H,7-12,15H2,1H3. The van der Waals surface area contributed by atoms with Gasteiger partial charge in [0.2, 0.25) is 0 Å². The average molecular weight is 437 g/mol. The number of nitrogens with zero attached hydrogens (tertiary/aromatic N) is 3. The van der Waals surface area contributed by atoms with E-state index in [4.69, 9.17) is 4.74 Å². The molecule has 162 valence electrons. The summed E-state index contributed by atoms with van der Waals surface area (Å²) in [6.45, 7) is 4.09. The lowest BCUT2D eigenvalue weighted by Crippen LogP contribution is -2.47. The first-order valence-corrected chi connectivity index (χ1v) is 11.2. The van der Waals surface area contributed by atoms with E-state index in [-0.39, 0.29) is 16.1 Å². The second-order valence-corrected chi connectivity index (χ2v) is 9.11. The minimum absolute atomic E-state index is 0.152. The lowest BCUT2D eigenvalue weighted by atomic mass is 10.2. The average Bonchev–Trinajstić information content (AvgIpc) is 2.72. The number of rotatable bonds is 8. The second kappa shape index (κ2) is 9.50. The van der Waals surface area contributed by atoms with Gasteiger partial charge < -0.3 is 9.64 Å². The Morgan fingerprint density at radius 1 is 1.13 bits per heavy atom. The van der Waals surface area contributed by atoms with Crippen molar-refractivity contribution in [3.05, 3.63) is 64.0 Å². The van der Waals surface area contributed by atoms with Gasteiger partial charge in [-0.2, -0.15) is 0 Å². The summed E-state index contributed by atoms with van der Waals surface area (Å²) in [6.07, 6.45) is 0. The van der Waals surface area contributed by atoms with Crippen LogP contribution in [0.25, 0.3) is 0 Å². The normalized spacial score (nSPS) is 15.3. The fourth-order valence-electron chi connectivity index (χ4n) is 3.47. The summed E-state index contributed by atoms with van der Waals surface area (Å²) in [6, 6.07) is 9.27. The van der Waals surface area contributed by atoms with E-state index < -0.39 is 26.3 Å². The van der Waals surface area contributed by atoms with Crippen molar-refractivity contribution in [3.8, 4) is 0 Å². The zero-order valence-electron chi connectivity index (χ0n) is 16.7. The Balaban J connectivity index is 1.81. The van der Waals surface area contributed by atoms with E-state index in [1.165, 1.54) is 30.3 Å². The highest BCUT2D eigenvalue weighted by molar-refractivity contribution is 7.90. The van der Waals surface area contributed by atoms with Gasteiger partial charge in [-0.15, -0.1) is 0 Å². The predicted octanol–water partition coefficient (Wildman–Crippen LogP) is 2.48. The molecule has 1 heterocycles. The Hall–Kier alpha value is -2.56. The maximum absolute atomic E-state index is 13.4. The topological polar surface area (TPSA) is 93.0 Å². The number of hydrogen-bond acceptors (Lipinski definition) is 7. The largest absolute Gasteiger partial charge is 0.383 e. The third kappa shape index (κ3) is 5.32. The molecule has 1 fully saturated rings. The first-order valence-electron chi connectivity index (χ1n) is 9.52. The molecule has 0 aliphatic carbocycles. The van der Waals surface area contributed by atoms with Gasteiger partial charge in [0.1, 0.15) is 11.5 Å². The van der Waals surface area contributed by atoms with E-state index in [1.54, 1.807) is 7.11 Å². The van der Waals surface area contributed by atoms with Crippen molar-refractivity contribution in [2.75, 3.05) is 51.3 Å². The lowest BCUT2D eigenvalue weighted by molar-refractivity contribution is -0.384. The minimum atomic E-state index is -3.86. The zero-order chi connectivity index (χ0) is 21.7. The van der Waals surface area contributed by atoms with E-state index in [0.29, 0.717) is 25.4 Å². The number of halogens is 1. The summed E-state index contributed by atoms with van der Waals surface area (Å²) in [5, 5.41) is 11.7. The second-order valence-electron chi connectivity index (χ2n) is 7.12. The molecule has 8 nitrogen and oxygen atoms in total. The lowest BCUT2D eigenvalue weighted by Gasteiger charge is -2.35. The molecule has 2 aromatic rings. The summed E-state index contributed by atoms with van der Waals surface area (Å²) < 4.78 is 43.9. The number of ether oxygens (including phenoxy) is 1. The molecule has 3 rings (SSSR count). The Labute approximate surface area is 174 Å². The highest BCUT2D eigenvalue weighted by Gasteiger charge is 2.27. The molecular weight excluding hydrogens is 413 g/mol. The van der Waals surface area contributed by atoms with Crippen molar-refractivity contribution in [3.63, 3.8) is 0 Å². The number of sulfone groups is 1. The number of methoxy groups -OCH3 is 1. The molecule has 0 N–H and O–H groups in total. The molecule has 0 unspecified atom stereocenters. The van der Waals surface area contributed by atoms with Crippen LogP contribution in [-0.2, 0) is 20.3 Å². The van der Waals surface area contributed by atoms with E-state index in [9.17, 15) is 22.9 Å². The summed E-state index contributed by atoms with van der Waals surface area (Å²) in [4.78, 5) is 15.1. The summed E-state index contributed by atoms with van der Waals surface area (Å²) in [7, 11) is -2.22. The van der Waals surface area contributed by atoms with Gasteiger partial charge in [0, 0.05) is 45.9 Å². The van der Waals surface area contributed by atoms with Crippen LogP contribution in [0.3, 0.4) is 0 Å². The quantitative estimate of drug-likeness (QED) is 0.463. The van der Waals surface area contributed by atoms with Crippen molar-refractivity contribution < 1.29 is 22.5 Å². The molecule has 0 atom stereocenters. The Bertz CT molecular complexity index is 1010. The fraction of sp³-hybridized carbons (Fsp3) is 0.400. The van der Waals surface area contributed by atoms with Gasteiger partial charge in [0.15, 0.2) is 9.84 Å². The van der Waals surface area contributed by atoms with Gasteiger partial charge in [-0.25, -0.2) is 12.8 Å². The maximum Gasteiger partial charge on any atom is 0.293 e. The fourth-order valence-corrected chi connectivity index (χ4v) is 4.82. The highest BCUT2D eigenvalue weighted by atomic mass is 32.2. The van der Waals surface area contributed by atoms with Crippen LogP contribution in [0.15, 0.2) is 47.4 Å². The molecule has 2 aromatic carbocycles. The van der Waals surface area contributed by atoms with Crippen molar-refractivity contribution in [1.82, 2.24) is 4.90 Å². The number of hydrogen-bond donors (Lipinski definition) is 0. The minimum Gasteiger partial charge on any atom is -0.383 e. The molecule has 1 aliphatic rings. The summed E-state index contributed by atoms with van der Waals surface area (Å²) in [5.41, 5.74) is 0.436. The number of benzene rings is 2. The van der Waals surface area contributed by atoms with Crippen molar-refractivity contribution in [2.24, 2.45) is 0 Å². The molecule has 1 saturated heterocycles. The van der Waals surface area contributed by atoms with E-state index in [1.807, 2.05) is 4.90 Å². The number of nitro groups is 1. The first kappa shape index (κ1) is 22.1. The van der Waals surface area contributed by atoms with Crippen molar-refractivity contribution in [1.29, 1.82) is 0 Å². The van der Waals surface area contributed by atoms with Gasteiger partial charge in [-0.3, -0.25) is 15.0 Å². The smallest absolute Gasteiger partial charge is 0.293 e. The summed E-state index contributed by atoms with van der Waals surface area (Å²) >= 11 is 0. The Kier molecular flexibility index (Phi) is 7.01. The van der Waals surface area contributed by atoms with E-state index in [0.717, 1.165) is 31.8 Å². The summed E-state index contributed by atoms with van der Waals surface area (Å²) in [5.74, 6) is -0.965. The molecule has 1 aliphatic heterocycles. The highest BCUT2D eigenvalue weighted by Crippen LogP contribution is 2.32. The maximum atomic E-state index is 13.4. The third-order valence-electron chi connectivity index (χ3n) is 5.07. The molecule has 0 saturated carbocycles. The van der Waals surface area contributed by atoms with Crippen LogP contribution < -0.4 is 4.90 Å². The van der Waals surface area contributed by atoms with Gasteiger partial charge in [0.05, 0.1) is 22.2 Å². The Morgan fingerprint density at radius 2 is 1.87 bits per heavy atom. The van der Waals surface area contributed by atoms with E-state index in [2.05, 4.69) is 4.90 Å². The molecule has 0 radical (unpaired) electrons. The molecule has 0 bridgehead atoms. The monoisotopic (exact) mass is 437 g/mol. The third-order valence-corrected chi connectivity index (χ3v) is 6.76. The Morgan fingerprint density at radius 3 is 2.50 bits per heavy atom. The van der Waals surface area contributed by atoms with Crippen LogP contribution in [0.1, 0.15) is 5.56 Å². The van der Waals surface area contributed by atoms with Crippen LogP contribution in [0, 0.1) is 15.9 Å².